The summed E-state index contributed by atoms with van der Waals surface area (Å²) in [6.07, 6.45) is 5.23. The Kier molecular flexibility index (Phi) is 6.64. The second-order valence-electron chi connectivity index (χ2n) is 6.03. The summed E-state index contributed by atoms with van der Waals surface area (Å²) in [5, 5.41) is 20.7. The number of rotatable bonds is 6. The van der Waals surface area contributed by atoms with Gasteiger partial charge >= 0.3 is 0 Å². The third-order valence-corrected chi connectivity index (χ3v) is 4.35. The number of carbonyl (C=O) groups is 1. The molecule has 4 nitrogen and oxygen atoms in total. The number of ketones is 1. The maximum atomic E-state index is 12.7. The van der Waals surface area contributed by atoms with Crippen molar-refractivity contribution >= 4 is 27.8 Å². The maximum Gasteiger partial charge on any atom is 0.193 e. The van der Waals surface area contributed by atoms with E-state index in [9.17, 15) is 15.0 Å². The molecule has 26 heavy (non-hydrogen) atoms. The number of ether oxygens (including phenoxy) is 1. The van der Waals surface area contributed by atoms with Crippen molar-refractivity contribution in [3.05, 3.63) is 69.2 Å². The molecule has 0 aliphatic heterocycles. The summed E-state index contributed by atoms with van der Waals surface area (Å²) in [4.78, 5) is 12.7. The summed E-state index contributed by atoms with van der Waals surface area (Å²) < 4.78 is 6.13. The molecule has 0 aliphatic rings. The molecule has 0 amide bonds. The molecule has 0 atom stereocenters. The van der Waals surface area contributed by atoms with Gasteiger partial charge in [-0.25, -0.2) is 0 Å². The number of hydrogen-bond acceptors (Lipinski definition) is 4. The normalized spacial score (nSPS) is 10.8. The summed E-state index contributed by atoms with van der Waals surface area (Å²) in [7, 11) is 1.39. The summed E-state index contributed by atoms with van der Waals surface area (Å²) in [5.74, 6) is -0.637. The number of phenols is 2. The molecule has 0 bridgehead atoms. The highest BCUT2D eigenvalue weighted by Gasteiger charge is 2.21. The molecule has 2 rings (SSSR count). The van der Waals surface area contributed by atoms with E-state index in [0.29, 0.717) is 12.0 Å². The summed E-state index contributed by atoms with van der Waals surface area (Å²) >= 11 is 3.36. The Hall–Kier alpha value is -2.53. The Morgan fingerprint density at radius 3 is 2.42 bits per heavy atom. The van der Waals surface area contributed by atoms with E-state index < -0.39 is 5.78 Å². The molecule has 0 aliphatic carbocycles. The van der Waals surface area contributed by atoms with E-state index in [4.69, 9.17) is 4.74 Å². The first-order valence-electron chi connectivity index (χ1n) is 8.06. The number of methoxy groups -OCH3 is 1. The van der Waals surface area contributed by atoms with Crippen molar-refractivity contribution in [2.24, 2.45) is 0 Å². The average Bonchev–Trinajstić information content (AvgIpc) is 2.60. The summed E-state index contributed by atoms with van der Waals surface area (Å²) in [6.45, 7) is 3.84. The van der Waals surface area contributed by atoms with Gasteiger partial charge in [-0.3, -0.25) is 4.79 Å². The van der Waals surface area contributed by atoms with Crippen LogP contribution in [-0.4, -0.2) is 23.1 Å². The number of carbonyl (C=O) groups excluding carboxylic acids is 1. The van der Waals surface area contributed by atoms with Crippen molar-refractivity contribution in [1.82, 2.24) is 0 Å². The minimum Gasteiger partial charge on any atom is -0.507 e. The fourth-order valence-corrected chi connectivity index (χ4v) is 2.67. The zero-order valence-corrected chi connectivity index (χ0v) is 16.5. The first-order valence-corrected chi connectivity index (χ1v) is 8.86. The van der Waals surface area contributed by atoms with Crippen molar-refractivity contribution in [2.45, 2.75) is 20.3 Å². The van der Waals surface area contributed by atoms with E-state index in [-0.39, 0.29) is 22.8 Å². The molecule has 2 aromatic carbocycles. The van der Waals surface area contributed by atoms with Crippen molar-refractivity contribution in [1.29, 1.82) is 0 Å². The Bertz CT molecular complexity index is 861. The van der Waals surface area contributed by atoms with Gasteiger partial charge in [0.25, 0.3) is 0 Å². The zero-order valence-electron chi connectivity index (χ0n) is 14.9. The SMILES string of the molecule is COc1cc(O)c(CC=C(C)C)c(O)c1C(=O)/C=C/c1ccc(Br)cc1. The van der Waals surface area contributed by atoms with E-state index in [2.05, 4.69) is 15.9 Å². The van der Waals surface area contributed by atoms with Crippen LogP contribution in [0.5, 0.6) is 17.2 Å². The van der Waals surface area contributed by atoms with Crippen molar-refractivity contribution in [3.8, 4) is 17.2 Å². The molecule has 2 N–H and O–H groups in total. The van der Waals surface area contributed by atoms with Gasteiger partial charge in [0.05, 0.1) is 7.11 Å². The third-order valence-electron chi connectivity index (χ3n) is 3.82. The highest BCUT2D eigenvalue weighted by Crippen LogP contribution is 2.39. The van der Waals surface area contributed by atoms with Crippen LogP contribution in [0.15, 0.2) is 52.5 Å². The Labute approximate surface area is 161 Å². The molecule has 0 saturated carbocycles. The van der Waals surface area contributed by atoms with Gasteiger partial charge in [-0.05, 0) is 44.0 Å². The second kappa shape index (κ2) is 8.72. The number of phenolic OH excluding ortho intramolecular Hbond substituents is 2. The van der Waals surface area contributed by atoms with Gasteiger partial charge in [-0.1, -0.05) is 45.8 Å². The molecular formula is C21H21BrO4. The fourth-order valence-electron chi connectivity index (χ4n) is 2.41. The molecule has 0 heterocycles. The monoisotopic (exact) mass is 416 g/mol. The van der Waals surface area contributed by atoms with E-state index in [1.54, 1.807) is 6.08 Å². The Morgan fingerprint density at radius 2 is 1.85 bits per heavy atom. The van der Waals surface area contributed by atoms with Crippen LogP contribution in [0.25, 0.3) is 6.08 Å². The lowest BCUT2D eigenvalue weighted by Crippen LogP contribution is -2.02. The van der Waals surface area contributed by atoms with Crippen LogP contribution < -0.4 is 4.74 Å². The Balaban J connectivity index is 2.42. The van der Waals surface area contributed by atoms with Crippen LogP contribution in [0, 0.1) is 0 Å². The van der Waals surface area contributed by atoms with Crippen molar-refractivity contribution in [2.75, 3.05) is 7.11 Å². The lowest BCUT2D eigenvalue weighted by Gasteiger charge is -2.13. The van der Waals surface area contributed by atoms with E-state index in [0.717, 1.165) is 15.6 Å². The van der Waals surface area contributed by atoms with Gasteiger partial charge in [0.15, 0.2) is 5.78 Å². The number of hydrogen-bond donors (Lipinski definition) is 2. The van der Waals surface area contributed by atoms with E-state index >= 15 is 0 Å². The van der Waals surface area contributed by atoms with Gasteiger partial charge < -0.3 is 14.9 Å². The lowest BCUT2D eigenvalue weighted by atomic mass is 9.99. The molecule has 136 valence electrons. The van der Waals surface area contributed by atoms with Gasteiger partial charge in [-0.15, -0.1) is 0 Å². The minimum atomic E-state index is -0.402. The van der Waals surface area contributed by atoms with Crippen LogP contribution in [-0.2, 0) is 6.42 Å². The molecule has 0 radical (unpaired) electrons. The van der Waals surface area contributed by atoms with E-state index in [1.165, 1.54) is 19.3 Å². The first kappa shape index (κ1) is 19.8. The number of halogens is 1. The van der Waals surface area contributed by atoms with Crippen LogP contribution in [0.1, 0.15) is 35.3 Å². The molecule has 2 aromatic rings. The molecule has 0 saturated heterocycles. The average molecular weight is 417 g/mol. The van der Waals surface area contributed by atoms with Gasteiger partial charge in [-0.2, -0.15) is 0 Å². The van der Waals surface area contributed by atoms with Crippen LogP contribution in [0.3, 0.4) is 0 Å². The molecule has 5 heteroatoms. The minimum absolute atomic E-state index is 0.0378. The quantitative estimate of drug-likeness (QED) is 0.382. The second-order valence-corrected chi connectivity index (χ2v) is 6.95. The highest BCUT2D eigenvalue weighted by molar-refractivity contribution is 9.10. The number of allylic oxidation sites excluding steroid dienone is 3. The molecule has 0 fully saturated rings. The smallest absolute Gasteiger partial charge is 0.193 e. The Morgan fingerprint density at radius 1 is 1.19 bits per heavy atom. The van der Waals surface area contributed by atoms with Gasteiger partial charge in [0, 0.05) is 16.1 Å². The third kappa shape index (κ3) is 4.76. The zero-order chi connectivity index (χ0) is 19.3. The standard InChI is InChI=1S/C21H21BrO4/c1-13(2)4-10-16-18(24)12-19(26-3)20(21(16)25)17(23)11-7-14-5-8-15(22)9-6-14/h4-9,11-12,24-25H,10H2,1-3H3/b11-7+. The maximum absolute atomic E-state index is 12.7. The topological polar surface area (TPSA) is 66.8 Å². The van der Waals surface area contributed by atoms with Crippen molar-refractivity contribution in [3.63, 3.8) is 0 Å². The largest absolute Gasteiger partial charge is 0.507 e. The predicted molar refractivity (Wildman–Crippen MR) is 107 cm³/mol. The number of aromatic hydroxyl groups is 2. The predicted octanol–water partition coefficient (Wildman–Crippen LogP) is 5.27. The molecule has 0 aromatic heterocycles. The van der Waals surface area contributed by atoms with Crippen LogP contribution in [0.2, 0.25) is 0 Å². The van der Waals surface area contributed by atoms with Crippen LogP contribution in [0.4, 0.5) is 0 Å². The van der Waals surface area contributed by atoms with E-state index in [1.807, 2.05) is 44.2 Å². The number of benzene rings is 2. The van der Waals surface area contributed by atoms with Crippen molar-refractivity contribution < 1.29 is 19.7 Å². The summed E-state index contributed by atoms with van der Waals surface area (Å²) in [5.41, 5.74) is 2.23. The molecule has 0 unspecified atom stereocenters. The first-order chi connectivity index (χ1) is 12.3. The highest BCUT2D eigenvalue weighted by atomic mass is 79.9. The fraction of sp³-hybridized carbons (Fsp3) is 0.190. The summed E-state index contributed by atoms with van der Waals surface area (Å²) in [6, 6.07) is 8.83. The molecule has 0 spiro atoms. The van der Waals surface area contributed by atoms with Crippen LogP contribution >= 0.6 is 15.9 Å². The molecular weight excluding hydrogens is 396 g/mol. The van der Waals surface area contributed by atoms with Gasteiger partial charge in [0.1, 0.15) is 22.8 Å². The lowest BCUT2D eigenvalue weighted by molar-refractivity contribution is 0.104. The van der Waals surface area contributed by atoms with Gasteiger partial charge in [0.2, 0.25) is 0 Å².